The molecule has 0 fully saturated rings. The number of ketones is 1. The van der Waals surface area contributed by atoms with E-state index in [2.05, 4.69) is 26.0 Å². The van der Waals surface area contributed by atoms with Gasteiger partial charge in [0.15, 0.2) is 0 Å². The van der Waals surface area contributed by atoms with Crippen molar-refractivity contribution in [3.05, 3.63) is 35.9 Å². The van der Waals surface area contributed by atoms with Crippen molar-refractivity contribution < 1.29 is 4.79 Å². The minimum absolute atomic E-state index is 0.0756. The van der Waals surface area contributed by atoms with Crippen molar-refractivity contribution in [3.63, 3.8) is 0 Å². The van der Waals surface area contributed by atoms with Gasteiger partial charge in [-0.25, -0.2) is 0 Å². The third-order valence-corrected chi connectivity index (χ3v) is 3.74. The van der Waals surface area contributed by atoms with Crippen molar-refractivity contribution in [3.8, 4) is 0 Å². The summed E-state index contributed by atoms with van der Waals surface area (Å²) in [6.07, 6.45) is 0.385. The predicted octanol–water partition coefficient (Wildman–Crippen LogP) is 3.96. The van der Waals surface area contributed by atoms with E-state index >= 15 is 0 Å². The minimum atomic E-state index is -0.0756. The van der Waals surface area contributed by atoms with Gasteiger partial charge in [0.2, 0.25) is 0 Å². The van der Waals surface area contributed by atoms with Crippen molar-refractivity contribution in [1.82, 2.24) is 0 Å². The van der Waals surface area contributed by atoms with E-state index in [1.165, 1.54) is 5.56 Å². The molecule has 1 aromatic rings. The summed E-state index contributed by atoms with van der Waals surface area (Å²) in [6, 6.07) is 10.2. The molecule has 0 atom stereocenters. The monoisotopic (exact) mass is 252 g/mol. The first-order valence-electron chi connectivity index (χ1n) is 5.18. The number of carbonyl (C=O) groups is 1. The largest absolute Gasteiger partial charge is 0.300 e. The summed E-state index contributed by atoms with van der Waals surface area (Å²) < 4.78 is 0.690. The molecule has 1 aromatic carbocycles. The summed E-state index contributed by atoms with van der Waals surface area (Å²) in [7, 11) is 0. The van der Waals surface area contributed by atoms with Crippen molar-refractivity contribution in [2.75, 3.05) is 0 Å². The Kier molecular flexibility index (Phi) is 4.69. The smallest absolute Gasteiger partial charge is 0.135 e. The summed E-state index contributed by atoms with van der Waals surface area (Å²) in [5.41, 5.74) is 1.23. The lowest BCUT2D eigenvalue weighted by Crippen LogP contribution is -2.15. The number of hydrogen-bond donors (Lipinski definition) is 0. The summed E-state index contributed by atoms with van der Waals surface area (Å²) in [5, 5.41) is 0. The maximum Gasteiger partial charge on any atom is 0.135 e. The van der Waals surface area contributed by atoms with Crippen LogP contribution < -0.4 is 0 Å². The number of hydrogen-bond acceptors (Lipinski definition) is 3. The van der Waals surface area contributed by atoms with Crippen molar-refractivity contribution in [2.45, 2.75) is 31.9 Å². The maximum atomic E-state index is 11.0. The van der Waals surface area contributed by atoms with Gasteiger partial charge >= 0.3 is 0 Å². The Morgan fingerprint density at radius 1 is 1.31 bits per heavy atom. The molecule has 0 saturated carbocycles. The molecule has 16 heavy (non-hydrogen) atoms. The van der Waals surface area contributed by atoms with Crippen LogP contribution in [0.2, 0.25) is 0 Å². The molecule has 0 aliphatic carbocycles. The Morgan fingerprint density at radius 3 is 2.38 bits per heavy atom. The second kappa shape index (κ2) is 5.60. The molecule has 0 aliphatic heterocycles. The van der Waals surface area contributed by atoms with Crippen LogP contribution in [0.1, 0.15) is 32.8 Å². The molecule has 0 amide bonds. The lowest BCUT2D eigenvalue weighted by Gasteiger charge is -2.24. The van der Waals surface area contributed by atoms with Crippen LogP contribution in [0.3, 0.4) is 0 Å². The van der Waals surface area contributed by atoms with Crippen LogP contribution in [0.5, 0.6) is 0 Å². The van der Waals surface area contributed by atoms with Gasteiger partial charge in [-0.2, -0.15) is 0 Å². The third-order valence-electron chi connectivity index (χ3n) is 2.23. The number of thiocarbonyl (C=S) groups is 1. The third kappa shape index (κ3) is 4.06. The van der Waals surface area contributed by atoms with Crippen LogP contribution >= 0.6 is 24.0 Å². The van der Waals surface area contributed by atoms with Crippen LogP contribution in [-0.4, -0.2) is 9.98 Å². The molecule has 0 heterocycles. The van der Waals surface area contributed by atoms with Gasteiger partial charge in [0.1, 0.15) is 5.78 Å². The van der Waals surface area contributed by atoms with E-state index < -0.39 is 0 Å². The highest BCUT2D eigenvalue weighted by Gasteiger charge is 2.23. The van der Waals surface area contributed by atoms with Gasteiger partial charge in [-0.15, -0.1) is 11.8 Å². The molecular weight excluding hydrogens is 236 g/mol. The normalized spacial score (nSPS) is 11.2. The lowest BCUT2D eigenvalue weighted by atomic mass is 10.0. The lowest BCUT2D eigenvalue weighted by molar-refractivity contribution is -0.115. The molecule has 0 radical (unpaired) electrons. The Labute approximate surface area is 107 Å². The van der Waals surface area contributed by atoms with Crippen LogP contribution in [0.25, 0.3) is 0 Å². The van der Waals surface area contributed by atoms with Gasteiger partial charge in [-0.3, -0.25) is 4.79 Å². The molecule has 0 aromatic heterocycles. The van der Waals surface area contributed by atoms with Gasteiger partial charge in [-0.05, 0) is 26.3 Å². The second-order valence-electron chi connectivity index (χ2n) is 4.23. The number of carbonyl (C=O) groups excluding carboxylic acids is 1. The summed E-state index contributed by atoms with van der Waals surface area (Å²) >= 11 is 6.81. The SMILES string of the molecule is CC(=O)CC(=S)SC(C)(C)c1ccccc1. The highest BCUT2D eigenvalue weighted by atomic mass is 32.2. The molecule has 3 heteroatoms. The molecule has 0 saturated heterocycles. The zero-order chi connectivity index (χ0) is 12.2. The van der Waals surface area contributed by atoms with E-state index in [1.807, 2.05) is 18.2 Å². The Morgan fingerprint density at radius 2 is 1.88 bits per heavy atom. The average Bonchev–Trinajstić information content (AvgIpc) is 2.16. The van der Waals surface area contributed by atoms with Gasteiger partial charge in [0, 0.05) is 11.2 Å². The first-order valence-corrected chi connectivity index (χ1v) is 6.41. The molecule has 86 valence electrons. The first-order chi connectivity index (χ1) is 7.42. The Bertz CT molecular complexity index is 382. The Hall–Kier alpha value is -0.670. The van der Waals surface area contributed by atoms with Crippen molar-refractivity contribution in [2.24, 2.45) is 0 Å². The fourth-order valence-electron chi connectivity index (χ4n) is 1.42. The highest BCUT2D eigenvalue weighted by molar-refractivity contribution is 8.23. The van der Waals surface area contributed by atoms with Crippen LogP contribution in [0.4, 0.5) is 0 Å². The predicted molar refractivity (Wildman–Crippen MR) is 75.0 cm³/mol. The van der Waals surface area contributed by atoms with E-state index in [0.717, 1.165) is 4.20 Å². The van der Waals surface area contributed by atoms with Gasteiger partial charge in [0.25, 0.3) is 0 Å². The van der Waals surface area contributed by atoms with Gasteiger partial charge < -0.3 is 0 Å². The molecule has 0 N–H and O–H groups in total. The Balaban J connectivity index is 2.72. The van der Waals surface area contributed by atoms with E-state index in [-0.39, 0.29) is 10.5 Å². The standard InChI is InChI=1S/C13H16OS2/c1-10(14)9-12(15)16-13(2,3)11-7-5-4-6-8-11/h4-8H,9H2,1-3H3. The summed E-state index contributed by atoms with van der Waals surface area (Å²) in [5.74, 6) is 0.126. The van der Waals surface area contributed by atoms with E-state index in [0.29, 0.717) is 6.42 Å². The van der Waals surface area contributed by atoms with Crippen LogP contribution in [0, 0.1) is 0 Å². The molecular formula is C13H16OS2. The van der Waals surface area contributed by atoms with E-state index in [1.54, 1.807) is 18.7 Å². The fourth-order valence-corrected chi connectivity index (χ4v) is 3.35. The second-order valence-corrected chi connectivity index (χ2v) is 6.70. The van der Waals surface area contributed by atoms with Crippen LogP contribution in [-0.2, 0) is 9.54 Å². The van der Waals surface area contributed by atoms with Gasteiger partial charge in [-0.1, -0.05) is 42.5 Å². The summed E-state index contributed by atoms with van der Waals surface area (Å²) in [4.78, 5) is 11.0. The zero-order valence-corrected chi connectivity index (χ0v) is 11.5. The molecule has 0 unspecified atom stereocenters. The fraction of sp³-hybridized carbons (Fsp3) is 0.385. The average molecular weight is 252 g/mol. The number of Topliss-reactive ketones (excluding diaryl/α,β-unsaturated/α-hetero) is 1. The minimum Gasteiger partial charge on any atom is -0.300 e. The molecule has 1 rings (SSSR count). The number of benzene rings is 1. The van der Waals surface area contributed by atoms with Crippen molar-refractivity contribution >= 4 is 34.0 Å². The van der Waals surface area contributed by atoms with Crippen molar-refractivity contribution in [1.29, 1.82) is 0 Å². The van der Waals surface area contributed by atoms with Crippen LogP contribution in [0.15, 0.2) is 30.3 Å². The quantitative estimate of drug-likeness (QED) is 0.755. The molecule has 0 spiro atoms. The first kappa shape index (κ1) is 13.4. The zero-order valence-electron chi connectivity index (χ0n) is 9.82. The molecule has 0 aliphatic rings. The molecule has 0 bridgehead atoms. The number of rotatable bonds is 4. The maximum absolute atomic E-state index is 11.0. The molecule has 1 nitrogen and oxygen atoms in total. The summed E-state index contributed by atoms with van der Waals surface area (Å²) in [6.45, 7) is 5.82. The number of thioether (sulfide) groups is 1. The highest BCUT2D eigenvalue weighted by Crippen LogP contribution is 2.37. The topological polar surface area (TPSA) is 17.1 Å². The van der Waals surface area contributed by atoms with Gasteiger partial charge in [0.05, 0.1) is 4.20 Å². The van der Waals surface area contributed by atoms with E-state index in [4.69, 9.17) is 12.2 Å². The van der Waals surface area contributed by atoms with E-state index in [9.17, 15) is 4.79 Å².